The predicted molar refractivity (Wildman–Crippen MR) is 94.1 cm³/mol. The summed E-state index contributed by atoms with van der Waals surface area (Å²) in [7, 11) is 0. The van der Waals surface area contributed by atoms with Crippen LogP contribution in [0.2, 0.25) is 0 Å². The largest absolute Gasteiger partial charge is 0.416 e. The molecule has 144 valence electrons. The lowest BCUT2D eigenvalue weighted by Crippen LogP contribution is -2.38. The van der Waals surface area contributed by atoms with Crippen LogP contribution in [-0.2, 0) is 10.9 Å². The Labute approximate surface area is 154 Å². The summed E-state index contributed by atoms with van der Waals surface area (Å²) in [6.45, 7) is 1.26. The number of carbonyl (C=O) groups excluding carboxylic acids is 1. The van der Waals surface area contributed by atoms with Gasteiger partial charge in [-0.1, -0.05) is 6.07 Å². The molecule has 0 aliphatic carbocycles. The SMILES string of the molecule is O=C(Nc1ccc(C(F)(F)F)cc1)NC(c1cccnc1)C1CCOCC1. The van der Waals surface area contributed by atoms with Crippen LogP contribution in [0.4, 0.5) is 23.7 Å². The van der Waals surface area contributed by atoms with Gasteiger partial charge in [0.25, 0.3) is 0 Å². The van der Waals surface area contributed by atoms with Gasteiger partial charge in [0.2, 0.25) is 0 Å². The number of anilines is 1. The summed E-state index contributed by atoms with van der Waals surface area (Å²) < 4.78 is 43.3. The van der Waals surface area contributed by atoms with Crippen molar-refractivity contribution in [2.75, 3.05) is 18.5 Å². The molecule has 0 radical (unpaired) electrons. The number of benzene rings is 1. The third-order valence-electron chi connectivity index (χ3n) is 4.54. The molecule has 0 saturated carbocycles. The number of aromatic nitrogens is 1. The normalized spacial score (nSPS) is 16.6. The number of nitrogens with one attached hydrogen (secondary N) is 2. The summed E-state index contributed by atoms with van der Waals surface area (Å²) in [5, 5.41) is 5.52. The van der Waals surface area contributed by atoms with Gasteiger partial charge in [0.05, 0.1) is 11.6 Å². The molecule has 2 amide bonds. The number of carbonyl (C=O) groups is 1. The second kappa shape index (κ2) is 8.39. The third-order valence-corrected chi connectivity index (χ3v) is 4.54. The first-order valence-corrected chi connectivity index (χ1v) is 8.66. The highest BCUT2D eigenvalue weighted by atomic mass is 19.4. The fraction of sp³-hybridized carbons (Fsp3) is 0.368. The van der Waals surface area contributed by atoms with E-state index in [9.17, 15) is 18.0 Å². The predicted octanol–water partition coefficient (Wildman–Crippen LogP) is 4.39. The van der Waals surface area contributed by atoms with Gasteiger partial charge >= 0.3 is 12.2 Å². The monoisotopic (exact) mass is 379 g/mol. The van der Waals surface area contributed by atoms with E-state index in [2.05, 4.69) is 15.6 Å². The van der Waals surface area contributed by atoms with Crippen molar-refractivity contribution in [3.05, 3.63) is 59.9 Å². The maximum Gasteiger partial charge on any atom is 0.416 e. The van der Waals surface area contributed by atoms with E-state index >= 15 is 0 Å². The topological polar surface area (TPSA) is 63.2 Å². The van der Waals surface area contributed by atoms with Gasteiger partial charge in [-0.15, -0.1) is 0 Å². The van der Waals surface area contributed by atoms with Gasteiger partial charge in [-0.05, 0) is 54.7 Å². The molecule has 5 nitrogen and oxygen atoms in total. The minimum Gasteiger partial charge on any atom is -0.381 e. The highest BCUT2D eigenvalue weighted by molar-refractivity contribution is 5.89. The zero-order valence-corrected chi connectivity index (χ0v) is 14.5. The number of ether oxygens (including phenoxy) is 1. The molecule has 1 unspecified atom stereocenters. The molecule has 3 rings (SSSR count). The molecule has 8 heteroatoms. The van der Waals surface area contributed by atoms with Crippen molar-refractivity contribution in [3.63, 3.8) is 0 Å². The molecule has 1 aromatic heterocycles. The average Bonchev–Trinajstić information content (AvgIpc) is 2.67. The minimum absolute atomic E-state index is 0.196. The van der Waals surface area contributed by atoms with E-state index in [-0.39, 0.29) is 17.6 Å². The lowest BCUT2D eigenvalue weighted by Gasteiger charge is -2.31. The Morgan fingerprint density at radius 1 is 1.15 bits per heavy atom. The van der Waals surface area contributed by atoms with Gasteiger partial charge in [0, 0.05) is 31.3 Å². The Hall–Kier alpha value is -2.61. The number of hydrogen-bond acceptors (Lipinski definition) is 3. The smallest absolute Gasteiger partial charge is 0.381 e. The number of urea groups is 1. The zero-order valence-electron chi connectivity index (χ0n) is 14.5. The first kappa shape index (κ1) is 19.2. The van der Waals surface area contributed by atoms with Crippen LogP contribution >= 0.6 is 0 Å². The van der Waals surface area contributed by atoms with Crippen LogP contribution in [0.5, 0.6) is 0 Å². The second-order valence-electron chi connectivity index (χ2n) is 6.39. The fourth-order valence-corrected chi connectivity index (χ4v) is 3.13. The van der Waals surface area contributed by atoms with Gasteiger partial charge in [-0.3, -0.25) is 4.98 Å². The van der Waals surface area contributed by atoms with Crippen LogP contribution in [0.15, 0.2) is 48.8 Å². The van der Waals surface area contributed by atoms with E-state index in [1.807, 2.05) is 6.07 Å². The van der Waals surface area contributed by atoms with Crippen molar-refractivity contribution in [2.45, 2.75) is 25.1 Å². The van der Waals surface area contributed by atoms with Crippen molar-refractivity contribution < 1.29 is 22.7 Å². The van der Waals surface area contributed by atoms with Crippen LogP contribution < -0.4 is 10.6 Å². The summed E-state index contributed by atoms with van der Waals surface area (Å²) in [6.07, 6.45) is 0.570. The summed E-state index contributed by atoms with van der Waals surface area (Å²) in [4.78, 5) is 16.5. The first-order valence-electron chi connectivity index (χ1n) is 8.66. The van der Waals surface area contributed by atoms with Gasteiger partial charge in [-0.2, -0.15) is 13.2 Å². The molecule has 1 saturated heterocycles. The Morgan fingerprint density at radius 3 is 2.44 bits per heavy atom. The number of amides is 2. The summed E-state index contributed by atoms with van der Waals surface area (Å²) in [5.41, 5.74) is 0.410. The molecule has 1 aromatic carbocycles. The van der Waals surface area contributed by atoms with Gasteiger partial charge in [-0.25, -0.2) is 4.79 Å². The molecular weight excluding hydrogens is 359 g/mol. The fourth-order valence-electron chi connectivity index (χ4n) is 3.13. The number of halogens is 3. The van der Waals surface area contributed by atoms with Gasteiger partial charge in [0.15, 0.2) is 0 Å². The molecule has 27 heavy (non-hydrogen) atoms. The molecule has 2 N–H and O–H groups in total. The minimum atomic E-state index is -4.41. The van der Waals surface area contributed by atoms with Crippen molar-refractivity contribution in [3.8, 4) is 0 Å². The van der Waals surface area contributed by atoms with Gasteiger partial charge < -0.3 is 15.4 Å². The average molecular weight is 379 g/mol. The Kier molecular flexibility index (Phi) is 5.95. The van der Waals surface area contributed by atoms with E-state index in [1.54, 1.807) is 18.5 Å². The molecular formula is C19H20F3N3O2. The Bertz CT molecular complexity index is 745. The summed E-state index contributed by atoms with van der Waals surface area (Å²) >= 11 is 0. The quantitative estimate of drug-likeness (QED) is 0.828. The number of hydrogen-bond donors (Lipinski definition) is 2. The van der Waals surface area contributed by atoms with Crippen LogP contribution in [0.25, 0.3) is 0 Å². The number of nitrogens with zero attached hydrogens (tertiary/aromatic N) is 1. The van der Waals surface area contributed by atoms with Crippen LogP contribution in [0.1, 0.15) is 30.0 Å². The summed E-state index contributed by atoms with van der Waals surface area (Å²) in [6, 6.07) is 7.31. The van der Waals surface area contributed by atoms with Crippen LogP contribution in [0.3, 0.4) is 0 Å². The van der Waals surface area contributed by atoms with Crippen molar-refractivity contribution in [1.82, 2.24) is 10.3 Å². The molecule has 0 bridgehead atoms. The van der Waals surface area contributed by atoms with E-state index in [0.717, 1.165) is 30.5 Å². The highest BCUT2D eigenvalue weighted by Crippen LogP contribution is 2.31. The lowest BCUT2D eigenvalue weighted by atomic mass is 9.88. The van der Waals surface area contributed by atoms with E-state index in [0.29, 0.717) is 13.2 Å². The maximum atomic E-state index is 12.6. The molecule has 1 fully saturated rings. The standard InChI is InChI=1S/C19H20F3N3O2/c20-19(21,22)15-3-5-16(6-4-15)24-18(26)25-17(13-7-10-27-11-8-13)14-2-1-9-23-12-14/h1-6,9,12-13,17H,7-8,10-11H2,(H2,24,25,26). The Morgan fingerprint density at radius 2 is 1.85 bits per heavy atom. The van der Waals surface area contributed by atoms with Crippen LogP contribution in [0, 0.1) is 5.92 Å². The molecule has 1 aliphatic heterocycles. The molecule has 1 atom stereocenters. The molecule has 0 spiro atoms. The zero-order chi connectivity index (χ0) is 19.3. The van der Waals surface area contributed by atoms with Crippen molar-refractivity contribution >= 4 is 11.7 Å². The number of alkyl halides is 3. The number of rotatable bonds is 4. The van der Waals surface area contributed by atoms with Crippen molar-refractivity contribution in [2.24, 2.45) is 5.92 Å². The van der Waals surface area contributed by atoms with E-state index < -0.39 is 17.8 Å². The highest BCUT2D eigenvalue weighted by Gasteiger charge is 2.30. The third kappa shape index (κ3) is 5.19. The van der Waals surface area contributed by atoms with E-state index in [4.69, 9.17) is 4.74 Å². The second-order valence-corrected chi connectivity index (χ2v) is 6.39. The van der Waals surface area contributed by atoms with Crippen molar-refractivity contribution in [1.29, 1.82) is 0 Å². The van der Waals surface area contributed by atoms with E-state index in [1.165, 1.54) is 12.1 Å². The number of pyridine rings is 1. The Balaban J connectivity index is 1.69. The molecule has 2 aromatic rings. The summed E-state index contributed by atoms with van der Waals surface area (Å²) in [5.74, 6) is 0.196. The maximum absolute atomic E-state index is 12.6. The molecule has 2 heterocycles. The lowest BCUT2D eigenvalue weighted by molar-refractivity contribution is -0.137. The first-order chi connectivity index (χ1) is 12.9. The molecule has 1 aliphatic rings. The van der Waals surface area contributed by atoms with Gasteiger partial charge in [0.1, 0.15) is 0 Å². The van der Waals surface area contributed by atoms with Crippen LogP contribution in [-0.4, -0.2) is 24.2 Å².